The molecular weight excluding hydrogens is 268 g/mol. The van der Waals surface area contributed by atoms with Gasteiger partial charge in [-0.3, -0.25) is 4.79 Å². The van der Waals surface area contributed by atoms with Gasteiger partial charge in [0.05, 0.1) is 19.8 Å². The predicted molar refractivity (Wildman–Crippen MR) is 78.0 cm³/mol. The molecule has 1 N–H and O–H groups in total. The Hall–Kier alpha value is -1.43. The van der Waals surface area contributed by atoms with Crippen LogP contribution in [0.1, 0.15) is 5.56 Å². The van der Waals surface area contributed by atoms with E-state index in [0.717, 1.165) is 19.6 Å². The number of benzene rings is 1. The van der Waals surface area contributed by atoms with E-state index in [0.29, 0.717) is 32.9 Å². The molecule has 0 radical (unpaired) electrons. The molecule has 5 heteroatoms. The summed E-state index contributed by atoms with van der Waals surface area (Å²) >= 11 is 0. The first kappa shape index (κ1) is 14.5. The van der Waals surface area contributed by atoms with E-state index in [9.17, 15) is 4.79 Å². The van der Waals surface area contributed by atoms with Crippen LogP contribution in [0.2, 0.25) is 0 Å². The molecule has 1 aromatic rings. The van der Waals surface area contributed by atoms with Gasteiger partial charge in [0.15, 0.2) is 6.10 Å². The second-order valence-electron chi connectivity index (χ2n) is 5.66. The molecule has 5 nitrogen and oxygen atoms in total. The molecule has 21 heavy (non-hydrogen) atoms. The molecule has 3 rings (SSSR count). The smallest absolute Gasteiger partial charge is 0.257 e. The monoisotopic (exact) mass is 291 g/mol. The fourth-order valence-electron chi connectivity index (χ4n) is 2.96. The van der Waals surface area contributed by atoms with Crippen molar-refractivity contribution < 1.29 is 19.2 Å². The molecule has 2 aliphatic rings. The minimum absolute atomic E-state index is 0.128. The Morgan fingerprint density at radius 3 is 2.71 bits per heavy atom. The summed E-state index contributed by atoms with van der Waals surface area (Å²) in [6.07, 6.45) is -0.296. The molecule has 2 heterocycles. The highest BCUT2D eigenvalue weighted by Crippen LogP contribution is 2.05. The maximum absolute atomic E-state index is 12.5. The molecule has 2 atom stereocenters. The Morgan fingerprint density at radius 1 is 1.19 bits per heavy atom. The molecule has 1 unspecified atom stereocenters. The lowest BCUT2D eigenvalue weighted by Crippen LogP contribution is -3.13. The van der Waals surface area contributed by atoms with Gasteiger partial charge >= 0.3 is 0 Å². The van der Waals surface area contributed by atoms with E-state index < -0.39 is 0 Å². The summed E-state index contributed by atoms with van der Waals surface area (Å²) in [5.74, 6) is 0.128. The van der Waals surface area contributed by atoms with E-state index in [1.54, 1.807) is 0 Å². The van der Waals surface area contributed by atoms with Crippen LogP contribution >= 0.6 is 0 Å². The Labute approximate surface area is 125 Å². The molecule has 1 amide bonds. The summed E-state index contributed by atoms with van der Waals surface area (Å²) in [6, 6.07) is 10.4. The SMILES string of the molecule is O=C([C@@H]1C[NH+](Cc2ccccc2)CCO1)N1CCOCC1. The molecular formula is C16H23N2O3+. The zero-order valence-corrected chi connectivity index (χ0v) is 12.3. The molecule has 0 bridgehead atoms. The molecule has 114 valence electrons. The third-order valence-electron chi connectivity index (χ3n) is 4.14. The van der Waals surface area contributed by atoms with E-state index in [-0.39, 0.29) is 12.0 Å². The number of quaternary nitrogens is 1. The van der Waals surface area contributed by atoms with Gasteiger partial charge in [0.2, 0.25) is 0 Å². The van der Waals surface area contributed by atoms with E-state index in [4.69, 9.17) is 9.47 Å². The quantitative estimate of drug-likeness (QED) is 0.803. The van der Waals surface area contributed by atoms with Crippen molar-refractivity contribution in [3.63, 3.8) is 0 Å². The van der Waals surface area contributed by atoms with Crippen LogP contribution in [0.3, 0.4) is 0 Å². The van der Waals surface area contributed by atoms with Crippen molar-refractivity contribution in [2.24, 2.45) is 0 Å². The third kappa shape index (κ3) is 3.81. The number of hydrogen-bond acceptors (Lipinski definition) is 3. The highest BCUT2D eigenvalue weighted by molar-refractivity contribution is 5.81. The van der Waals surface area contributed by atoms with Crippen LogP contribution in [0.25, 0.3) is 0 Å². The van der Waals surface area contributed by atoms with Crippen LogP contribution in [-0.4, -0.2) is 62.9 Å². The summed E-state index contributed by atoms with van der Waals surface area (Å²) in [6.45, 7) is 5.98. The minimum atomic E-state index is -0.296. The minimum Gasteiger partial charge on any atom is -0.378 e. The number of nitrogens with one attached hydrogen (secondary N) is 1. The lowest BCUT2D eigenvalue weighted by Gasteiger charge is -2.34. The fourth-order valence-corrected chi connectivity index (χ4v) is 2.96. The van der Waals surface area contributed by atoms with Crippen molar-refractivity contribution in [1.29, 1.82) is 0 Å². The molecule has 1 aromatic carbocycles. The number of morpholine rings is 2. The van der Waals surface area contributed by atoms with E-state index in [1.807, 2.05) is 11.0 Å². The maximum Gasteiger partial charge on any atom is 0.257 e. The van der Waals surface area contributed by atoms with Crippen LogP contribution in [0.15, 0.2) is 30.3 Å². The van der Waals surface area contributed by atoms with E-state index >= 15 is 0 Å². The Morgan fingerprint density at radius 2 is 1.95 bits per heavy atom. The summed E-state index contributed by atoms with van der Waals surface area (Å²) in [4.78, 5) is 15.8. The van der Waals surface area contributed by atoms with Crippen molar-refractivity contribution in [3.8, 4) is 0 Å². The molecule has 2 aliphatic heterocycles. The highest BCUT2D eigenvalue weighted by Gasteiger charge is 2.33. The second-order valence-corrected chi connectivity index (χ2v) is 5.66. The summed E-state index contributed by atoms with van der Waals surface area (Å²) in [7, 11) is 0. The zero-order valence-electron chi connectivity index (χ0n) is 12.3. The van der Waals surface area contributed by atoms with E-state index in [2.05, 4.69) is 24.3 Å². The second kappa shape index (κ2) is 7.02. The predicted octanol–water partition coefficient (Wildman–Crippen LogP) is -0.671. The summed E-state index contributed by atoms with van der Waals surface area (Å²) < 4.78 is 11.0. The molecule has 0 saturated carbocycles. The number of rotatable bonds is 3. The van der Waals surface area contributed by atoms with Crippen molar-refractivity contribution in [2.75, 3.05) is 46.0 Å². The topological polar surface area (TPSA) is 43.2 Å². The van der Waals surface area contributed by atoms with Crippen molar-refractivity contribution in [1.82, 2.24) is 4.90 Å². The van der Waals surface area contributed by atoms with Crippen molar-refractivity contribution in [3.05, 3.63) is 35.9 Å². The first-order valence-corrected chi connectivity index (χ1v) is 7.68. The largest absolute Gasteiger partial charge is 0.378 e. The number of nitrogens with zero attached hydrogens (tertiary/aromatic N) is 1. The van der Waals surface area contributed by atoms with Gasteiger partial charge < -0.3 is 19.3 Å². The third-order valence-corrected chi connectivity index (χ3v) is 4.14. The van der Waals surface area contributed by atoms with Gasteiger partial charge in [-0.2, -0.15) is 0 Å². The molecule has 0 spiro atoms. The van der Waals surface area contributed by atoms with Crippen molar-refractivity contribution in [2.45, 2.75) is 12.6 Å². The van der Waals surface area contributed by atoms with Crippen LogP contribution in [0.5, 0.6) is 0 Å². The van der Waals surface area contributed by atoms with Gasteiger partial charge in [0, 0.05) is 18.7 Å². The summed E-state index contributed by atoms with van der Waals surface area (Å²) in [5, 5.41) is 0. The normalized spacial score (nSPS) is 26.6. The number of amides is 1. The lowest BCUT2D eigenvalue weighted by molar-refractivity contribution is -0.923. The molecule has 0 aromatic heterocycles. The summed E-state index contributed by atoms with van der Waals surface area (Å²) in [5.41, 5.74) is 1.31. The van der Waals surface area contributed by atoms with Gasteiger partial charge in [0.25, 0.3) is 5.91 Å². The average molecular weight is 291 g/mol. The Balaban J connectivity index is 1.56. The highest BCUT2D eigenvalue weighted by atomic mass is 16.5. The van der Waals surface area contributed by atoms with Crippen LogP contribution in [-0.2, 0) is 20.8 Å². The first-order valence-electron chi connectivity index (χ1n) is 7.68. The number of ether oxygens (including phenoxy) is 2. The standard InChI is InChI=1S/C16H22N2O3/c19-16(18-7-9-20-10-8-18)15-13-17(6-11-21-15)12-14-4-2-1-3-5-14/h1-5,15H,6-13H2/p+1/t15-/m0/s1. The number of carbonyl (C=O) groups is 1. The Kier molecular flexibility index (Phi) is 4.85. The Bertz CT molecular complexity index is 460. The van der Waals surface area contributed by atoms with Gasteiger partial charge in [-0.1, -0.05) is 30.3 Å². The van der Waals surface area contributed by atoms with Gasteiger partial charge in [-0.15, -0.1) is 0 Å². The number of carbonyl (C=O) groups excluding carboxylic acids is 1. The zero-order chi connectivity index (χ0) is 14.5. The molecule has 2 saturated heterocycles. The average Bonchev–Trinajstić information content (AvgIpc) is 2.56. The fraction of sp³-hybridized carbons (Fsp3) is 0.562. The molecule has 2 fully saturated rings. The van der Waals surface area contributed by atoms with Crippen LogP contribution in [0, 0.1) is 0 Å². The van der Waals surface area contributed by atoms with Gasteiger partial charge in [-0.25, -0.2) is 0 Å². The van der Waals surface area contributed by atoms with Crippen LogP contribution in [0.4, 0.5) is 0 Å². The van der Waals surface area contributed by atoms with Crippen molar-refractivity contribution >= 4 is 5.91 Å². The van der Waals surface area contributed by atoms with E-state index in [1.165, 1.54) is 10.5 Å². The number of hydrogen-bond donors (Lipinski definition) is 1. The lowest BCUT2D eigenvalue weighted by atomic mass is 10.1. The first-order chi connectivity index (χ1) is 10.3. The molecule has 0 aliphatic carbocycles. The maximum atomic E-state index is 12.5. The van der Waals surface area contributed by atoms with Gasteiger partial charge in [0.1, 0.15) is 19.6 Å². The van der Waals surface area contributed by atoms with Crippen LogP contribution < -0.4 is 4.90 Å². The van der Waals surface area contributed by atoms with Gasteiger partial charge in [-0.05, 0) is 0 Å².